The third-order valence-corrected chi connectivity index (χ3v) is 4.70. The van der Waals surface area contributed by atoms with Crippen molar-refractivity contribution < 1.29 is 23.1 Å². The molecule has 150 valence electrons. The monoisotopic (exact) mass is 397 g/mol. The van der Waals surface area contributed by atoms with Crippen LogP contribution in [0, 0.1) is 33.5 Å². The topological polar surface area (TPSA) is 78.5 Å². The molecule has 0 spiro atoms. The van der Waals surface area contributed by atoms with Gasteiger partial charge in [0.15, 0.2) is 6.61 Å². The fourth-order valence-electron chi connectivity index (χ4n) is 3.39. The largest absolute Gasteiger partial charge is 0.454 e. The molecule has 0 N–H and O–H groups in total. The summed E-state index contributed by atoms with van der Waals surface area (Å²) in [7, 11) is 0. The number of ketones is 1. The summed E-state index contributed by atoms with van der Waals surface area (Å²) >= 11 is 0. The van der Waals surface area contributed by atoms with Crippen molar-refractivity contribution in [1.82, 2.24) is 4.57 Å². The minimum Gasteiger partial charge on any atom is -0.454 e. The lowest BCUT2D eigenvalue weighted by atomic mass is 10.1. The van der Waals surface area contributed by atoms with Crippen molar-refractivity contribution in [1.29, 1.82) is 0 Å². The maximum absolute atomic E-state index is 14.2. The van der Waals surface area contributed by atoms with E-state index in [1.54, 1.807) is 49.6 Å². The van der Waals surface area contributed by atoms with E-state index in [-0.39, 0.29) is 11.3 Å². The van der Waals surface area contributed by atoms with Gasteiger partial charge < -0.3 is 13.7 Å². The number of ether oxygens (including phenoxy) is 1. The van der Waals surface area contributed by atoms with E-state index < -0.39 is 29.8 Å². The highest BCUT2D eigenvalue weighted by Crippen LogP contribution is 2.23. The number of rotatable bonds is 5. The molecular weight excluding hydrogens is 377 g/mol. The molecular formula is C22H20FNO5. The highest BCUT2D eigenvalue weighted by Gasteiger charge is 2.22. The van der Waals surface area contributed by atoms with Gasteiger partial charge >= 0.3 is 11.6 Å². The van der Waals surface area contributed by atoms with E-state index in [4.69, 9.17) is 9.15 Å². The minimum atomic E-state index is -0.750. The van der Waals surface area contributed by atoms with Gasteiger partial charge in [0.1, 0.15) is 17.1 Å². The summed E-state index contributed by atoms with van der Waals surface area (Å²) in [6, 6.07) is 9.10. The van der Waals surface area contributed by atoms with Crippen LogP contribution in [0.2, 0.25) is 0 Å². The first-order chi connectivity index (χ1) is 13.7. The number of esters is 1. The zero-order chi connectivity index (χ0) is 21.3. The molecule has 0 saturated heterocycles. The van der Waals surface area contributed by atoms with Gasteiger partial charge in [-0.25, -0.2) is 14.0 Å². The molecule has 2 heterocycles. The smallest absolute Gasteiger partial charge is 0.342 e. The van der Waals surface area contributed by atoms with Crippen molar-refractivity contribution in [2.45, 2.75) is 27.7 Å². The van der Waals surface area contributed by atoms with Crippen molar-refractivity contribution in [3.05, 3.63) is 86.5 Å². The molecule has 0 aliphatic heterocycles. The molecule has 7 heteroatoms. The summed E-state index contributed by atoms with van der Waals surface area (Å²) in [6.07, 6.45) is 0. The molecule has 1 aromatic carbocycles. The first kappa shape index (κ1) is 20.3. The molecule has 0 aliphatic rings. The van der Waals surface area contributed by atoms with E-state index in [2.05, 4.69) is 0 Å². The molecule has 0 atom stereocenters. The van der Waals surface area contributed by atoms with Gasteiger partial charge in [-0.2, -0.15) is 0 Å². The number of para-hydroxylation sites is 1. The second kappa shape index (κ2) is 7.87. The predicted octanol–water partition coefficient (Wildman–Crippen LogP) is 3.84. The normalized spacial score (nSPS) is 10.8. The third-order valence-electron chi connectivity index (χ3n) is 4.70. The number of hydrogen-bond acceptors (Lipinski definition) is 5. The number of carbonyl (C=O) groups is 2. The second-order valence-corrected chi connectivity index (χ2v) is 6.75. The van der Waals surface area contributed by atoms with E-state index in [0.29, 0.717) is 28.2 Å². The van der Waals surface area contributed by atoms with Crippen LogP contribution in [0.3, 0.4) is 0 Å². The lowest BCUT2D eigenvalue weighted by Crippen LogP contribution is -2.18. The summed E-state index contributed by atoms with van der Waals surface area (Å²) in [5.41, 5.74) is 1.87. The Kier molecular flexibility index (Phi) is 5.50. The van der Waals surface area contributed by atoms with Crippen LogP contribution in [-0.4, -0.2) is 22.9 Å². The molecule has 3 rings (SSSR count). The molecule has 0 radical (unpaired) electrons. The molecule has 0 unspecified atom stereocenters. The lowest BCUT2D eigenvalue weighted by molar-refractivity contribution is 0.0469. The van der Waals surface area contributed by atoms with Crippen LogP contribution in [0.15, 0.2) is 45.6 Å². The zero-order valence-electron chi connectivity index (χ0n) is 16.5. The molecule has 2 aromatic heterocycles. The van der Waals surface area contributed by atoms with Crippen molar-refractivity contribution in [3.63, 3.8) is 0 Å². The number of benzene rings is 1. The summed E-state index contributed by atoms with van der Waals surface area (Å²) < 4.78 is 25.9. The summed E-state index contributed by atoms with van der Waals surface area (Å²) in [6.45, 7) is 6.05. The quantitative estimate of drug-likeness (QED) is 0.483. The van der Waals surface area contributed by atoms with Crippen molar-refractivity contribution in [2.75, 3.05) is 6.61 Å². The Labute approximate surface area is 166 Å². The molecule has 0 bridgehead atoms. The van der Waals surface area contributed by atoms with E-state index in [1.165, 1.54) is 19.1 Å². The Morgan fingerprint density at radius 2 is 1.79 bits per heavy atom. The maximum atomic E-state index is 14.2. The number of hydrogen-bond donors (Lipinski definition) is 0. The van der Waals surface area contributed by atoms with Gasteiger partial charge in [-0.1, -0.05) is 12.1 Å². The second-order valence-electron chi connectivity index (χ2n) is 6.75. The van der Waals surface area contributed by atoms with Gasteiger partial charge in [0.05, 0.1) is 5.69 Å². The molecule has 6 nitrogen and oxygen atoms in total. The van der Waals surface area contributed by atoms with Crippen LogP contribution in [0.1, 0.15) is 43.4 Å². The van der Waals surface area contributed by atoms with Crippen molar-refractivity contribution >= 4 is 11.8 Å². The van der Waals surface area contributed by atoms with E-state index in [1.807, 2.05) is 0 Å². The fraction of sp³-hybridized carbons (Fsp3) is 0.227. The number of nitrogens with zero attached hydrogens (tertiary/aromatic N) is 1. The molecule has 0 fully saturated rings. The van der Waals surface area contributed by atoms with Gasteiger partial charge in [0.2, 0.25) is 5.78 Å². The average molecular weight is 397 g/mol. The first-order valence-corrected chi connectivity index (χ1v) is 8.96. The van der Waals surface area contributed by atoms with Crippen LogP contribution in [0.5, 0.6) is 0 Å². The fourth-order valence-corrected chi connectivity index (χ4v) is 3.39. The Bertz CT molecular complexity index is 1150. The summed E-state index contributed by atoms with van der Waals surface area (Å²) in [4.78, 5) is 36.4. The number of aromatic nitrogens is 1. The molecule has 29 heavy (non-hydrogen) atoms. The van der Waals surface area contributed by atoms with Crippen LogP contribution in [-0.2, 0) is 4.74 Å². The van der Waals surface area contributed by atoms with Crippen LogP contribution < -0.4 is 5.63 Å². The highest BCUT2D eigenvalue weighted by atomic mass is 19.1. The Morgan fingerprint density at radius 3 is 2.45 bits per heavy atom. The Morgan fingerprint density at radius 1 is 1.10 bits per heavy atom. The summed E-state index contributed by atoms with van der Waals surface area (Å²) in [5, 5.41) is 0. The van der Waals surface area contributed by atoms with Crippen molar-refractivity contribution in [3.8, 4) is 5.69 Å². The maximum Gasteiger partial charge on any atom is 0.342 e. The van der Waals surface area contributed by atoms with E-state index >= 15 is 0 Å². The number of aryl methyl sites for hydroxylation is 3. The molecule has 0 amide bonds. The van der Waals surface area contributed by atoms with Crippen LogP contribution >= 0.6 is 0 Å². The minimum absolute atomic E-state index is 0.120. The van der Waals surface area contributed by atoms with Crippen LogP contribution in [0.4, 0.5) is 4.39 Å². The number of carbonyl (C=O) groups excluding carboxylic acids is 2. The predicted molar refractivity (Wildman–Crippen MR) is 104 cm³/mol. The average Bonchev–Trinajstić information content (AvgIpc) is 2.94. The van der Waals surface area contributed by atoms with Crippen molar-refractivity contribution in [2.24, 2.45) is 0 Å². The van der Waals surface area contributed by atoms with Crippen LogP contribution in [0.25, 0.3) is 5.69 Å². The van der Waals surface area contributed by atoms with Gasteiger partial charge in [-0.05, 0) is 51.5 Å². The molecule has 0 aliphatic carbocycles. The summed E-state index contributed by atoms with van der Waals surface area (Å²) in [5.74, 6) is -1.44. The zero-order valence-corrected chi connectivity index (χ0v) is 16.5. The van der Waals surface area contributed by atoms with Gasteiger partial charge in [-0.15, -0.1) is 0 Å². The lowest BCUT2D eigenvalue weighted by Gasteiger charge is -2.11. The molecule has 0 saturated carbocycles. The first-order valence-electron chi connectivity index (χ1n) is 8.96. The number of Topliss-reactive ketones (excluding diaryl/α,β-unsaturated/α-hetero) is 1. The van der Waals surface area contributed by atoms with E-state index in [9.17, 15) is 18.8 Å². The van der Waals surface area contributed by atoms with Gasteiger partial charge in [0, 0.05) is 23.0 Å². The third kappa shape index (κ3) is 3.89. The number of halogens is 1. The van der Waals surface area contributed by atoms with Gasteiger partial charge in [-0.3, -0.25) is 4.79 Å². The molecule has 3 aromatic rings. The SMILES string of the molecule is Cc1cc(=O)oc(C)c1C(=O)OCC(=O)c1cc(C)n(-c2ccccc2F)c1C. The Hall–Kier alpha value is -3.48. The standard InChI is InChI=1S/C22H20FNO5/c1-12-9-20(26)29-15(4)21(12)22(27)28-11-19(25)16-10-13(2)24(14(16)3)18-8-6-5-7-17(18)23/h5-10H,11H2,1-4H3. The highest BCUT2D eigenvalue weighted by molar-refractivity contribution is 6.01. The Balaban J connectivity index is 1.82. The van der Waals surface area contributed by atoms with E-state index in [0.717, 1.165) is 0 Å². The van der Waals surface area contributed by atoms with Gasteiger partial charge in [0.25, 0.3) is 0 Å².